The molecule has 0 bridgehead atoms. The molecule has 1 aliphatic carbocycles. The summed E-state index contributed by atoms with van der Waals surface area (Å²) in [6, 6.07) is 8.95. The van der Waals surface area contributed by atoms with Gasteiger partial charge in [0.05, 0.1) is 0 Å². The van der Waals surface area contributed by atoms with E-state index in [1.54, 1.807) is 5.56 Å². The molecular weight excluding hydrogens is 230 g/mol. The fourth-order valence-electron chi connectivity index (χ4n) is 3.36. The van der Waals surface area contributed by atoms with Gasteiger partial charge in [-0.15, -0.1) is 0 Å². The average molecular weight is 261 g/mol. The second-order valence-electron chi connectivity index (χ2n) is 5.57. The van der Waals surface area contributed by atoms with Crippen molar-refractivity contribution < 1.29 is 0 Å². The van der Waals surface area contributed by atoms with Crippen molar-refractivity contribution in [2.24, 2.45) is 0 Å². The van der Waals surface area contributed by atoms with Crippen molar-refractivity contribution in [2.75, 3.05) is 18.5 Å². The highest BCUT2D eigenvalue weighted by molar-refractivity contribution is 5.62. The number of benzene rings is 1. The lowest BCUT2D eigenvalue weighted by molar-refractivity contribution is 0.473. The smallest absolute Gasteiger partial charge is 0.0402 e. The summed E-state index contributed by atoms with van der Waals surface area (Å²) in [6.45, 7) is 9.49. The van der Waals surface area contributed by atoms with Gasteiger partial charge in [-0.05, 0) is 24.5 Å². The predicted molar refractivity (Wildman–Crippen MR) is 87.2 cm³/mol. The normalized spacial score (nSPS) is 18.3. The third kappa shape index (κ3) is 3.32. The molecule has 1 aromatic rings. The molecule has 0 aromatic heterocycles. The van der Waals surface area contributed by atoms with Crippen LogP contribution in [0.2, 0.25) is 0 Å². The molecule has 1 saturated carbocycles. The Balaban J connectivity index is 0.000000321. The third-order valence-corrected chi connectivity index (χ3v) is 3.99. The highest BCUT2D eigenvalue weighted by Crippen LogP contribution is 2.49. The van der Waals surface area contributed by atoms with Crippen molar-refractivity contribution in [3.63, 3.8) is 0 Å². The Morgan fingerprint density at radius 2 is 1.58 bits per heavy atom. The molecule has 0 saturated heterocycles. The lowest BCUT2D eigenvalue weighted by atomic mass is 9.81. The second-order valence-corrected chi connectivity index (χ2v) is 5.57. The zero-order valence-electron chi connectivity index (χ0n) is 13.5. The van der Waals surface area contributed by atoms with Crippen LogP contribution >= 0.6 is 0 Å². The molecular formula is C18H31N. The summed E-state index contributed by atoms with van der Waals surface area (Å²) in [5.74, 6) is 0. The standard InChI is InChI=1S/C13H17N.C3H8.C2H6/c1-14-10-13(8-4-5-9-13)11-6-2-3-7-12(11)14;1-3-2;1-2/h2-3,6-7H,4-5,8-10H2,1H3;3H2,1-2H3;1-2H3. The predicted octanol–water partition coefficient (Wildman–Crippen LogP) is 5.39. The number of anilines is 1. The van der Waals surface area contributed by atoms with Crippen LogP contribution in [0.5, 0.6) is 0 Å². The van der Waals surface area contributed by atoms with Gasteiger partial charge < -0.3 is 4.90 Å². The minimum Gasteiger partial charge on any atom is -0.373 e. The Bertz CT molecular complexity index is 364. The minimum atomic E-state index is 0.519. The molecule has 3 rings (SSSR count). The monoisotopic (exact) mass is 261 g/mol. The van der Waals surface area contributed by atoms with Gasteiger partial charge in [-0.1, -0.05) is 65.2 Å². The van der Waals surface area contributed by atoms with Crippen molar-refractivity contribution in [1.82, 2.24) is 0 Å². The lowest BCUT2D eigenvalue weighted by Crippen LogP contribution is -2.28. The molecule has 0 amide bonds. The maximum Gasteiger partial charge on any atom is 0.0402 e. The Labute approximate surface area is 120 Å². The van der Waals surface area contributed by atoms with Gasteiger partial charge in [-0.2, -0.15) is 0 Å². The molecule has 0 unspecified atom stereocenters. The molecule has 1 spiro atoms. The van der Waals surface area contributed by atoms with E-state index in [0.717, 1.165) is 0 Å². The molecule has 1 nitrogen and oxygen atoms in total. The summed E-state index contributed by atoms with van der Waals surface area (Å²) < 4.78 is 0. The summed E-state index contributed by atoms with van der Waals surface area (Å²) in [4.78, 5) is 2.43. The molecule has 19 heavy (non-hydrogen) atoms. The first-order valence-electron chi connectivity index (χ1n) is 8.04. The Morgan fingerprint density at radius 3 is 2.16 bits per heavy atom. The van der Waals surface area contributed by atoms with Gasteiger partial charge >= 0.3 is 0 Å². The van der Waals surface area contributed by atoms with E-state index >= 15 is 0 Å². The van der Waals surface area contributed by atoms with Crippen LogP contribution in [0.25, 0.3) is 0 Å². The molecule has 1 aliphatic heterocycles. The van der Waals surface area contributed by atoms with Crippen LogP contribution in [0.1, 0.15) is 65.4 Å². The number of para-hydroxylation sites is 1. The maximum atomic E-state index is 2.43. The topological polar surface area (TPSA) is 3.24 Å². The zero-order valence-corrected chi connectivity index (χ0v) is 13.5. The van der Waals surface area contributed by atoms with Gasteiger partial charge in [-0.25, -0.2) is 0 Å². The van der Waals surface area contributed by atoms with E-state index < -0.39 is 0 Å². The van der Waals surface area contributed by atoms with Crippen LogP contribution in [0, 0.1) is 0 Å². The SMILES string of the molecule is CC.CCC.CN1CC2(CCCC2)c2ccccc21. The van der Waals surface area contributed by atoms with Crippen LogP contribution in [0.4, 0.5) is 5.69 Å². The number of hydrogen-bond donors (Lipinski definition) is 0. The fourth-order valence-corrected chi connectivity index (χ4v) is 3.36. The summed E-state index contributed by atoms with van der Waals surface area (Å²) >= 11 is 0. The summed E-state index contributed by atoms with van der Waals surface area (Å²) in [6.07, 6.45) is 6.88. The summed E-state index contributed by atoms with van der Waals surface area (Å²) in [7, 11) is 2.23. The molecule has 1 aromatic carbocycles. The molecule has 1 heterocycles. The summed E-state index contributed by atoms with van der Waals surface area (Å²) in [5.41, 5.74) is 3.60. The Morgan fingerprint density at radius 1 is 1.05 bits per heavy atom. The maximum absolute atomic E-state index is 2.43. The Hall–Kier alpha value is -0.980. The average Bonchev–Trinajstić information content (AvgIpc) is 3.01. The van der Waals surface area contributed by atoms with E-state index in [1.807, 2.05) is 13.8 Å². The first-order valence-corrected chi connectivity index (χ1v) is 8.04. The van der Waals surface area contributed by atoms with E-state index in [-0.39, 0.29) is 0 Å². The Kier molecular flexibility index (Phi) is 6.41. The van der Waals surface area contributed by atoms with E-state index in [4.69, 9.17) is 0 Å². The molecule has 1 fully saturated rings. The number of hydrogen-bond acceptors (Lipinski definition) is 1. The minimum absolute atomic E-state index is 0.519. The number of rotatable bonds is 0. The van der Waals surface area contributed by atoms with Crippen LogP contribution in [0.15, 0.2) is 24.3 Å². The molecule has 0 N–H and O–H groups in total. The van der Waals surface area contributed by atoms with E-state index in [9.17, 15) is 0 Å². The van der Waals surface area contributed by atoms with Crippen molar-refractivity contribution in [3.05, 3.63) is 29.8 Å². The van der Waals surface area contributed by atoms with Gasteiger partial charge in [0.2, 0.25) is 0 Å². The van der Waals surface area contributed by atoms with Gasteiger partial charge in [0.15, 0.2) is 0 Å². The van der Waals surface area contributed by atoms with Gasteiger partial charge in [0, 0.05) is 24.7 Å². The molecule has 0 atom stereocenters. The first-order chi connectivity index (χ1) is 9.23. The van der Waals surface area contributed by atoms with Crippen LogP contribution < -0.4 is 4.90 Å². The number of likely N-dealkylation sites (N-methyl/N-ethyl adjacent to an activating group) is 1. The quantitative estimate of drug-likeness (QED) is 0.605. The lowest BCUT2D eigenvalue weighted by Gasteiger charge is -2.23. The molecule has 1 heteroatoms. The number of fused-ring (bicyclic) bond motifs is 2. The second kappa shape index (κ2) is 7.57. The fraction of sp³-hybridized carbons (Fsp3) is 0.667. The van der Waals surface area contributed by atoms with E-state index in [2.05, 4.69) is 50.1 Å². The van der Waals surface area contributed by atoms with Crippen molar-refractivity contribution in [1.29, 1.82) is 0 Å². The third-order valence-electron chi connectivity index (χ3n) is 3.99. The van der Waals surface area contributed by atoms with Gasteiger partial charge in [-0.3, -0.25) is 0 Å². The highest BCUT2D eigenvalue weighted by atomic mass is 15.1. The molecule has 108 valence electrons. The molecule has 0 radical (unpaired) electrons. The van der Waals surface area contributed by atoms with Crippen LogP contribution in [-0.2, 0) is 5.41 Å². The van der Waals surface area contributed by atoms with Crippen molar-refractivity contribution >= 4 is 5.69 Å². The zero-order chi connectivity index (χ0) is 14.3. The van der Waals surface area contributed by atoms with Crippen molar-refractivity contribution in [3.8, 4) is 0 Å². The largest absolute Gasteiger partial charge is 0.373 e. The van der Waals surface area contributed by atoms with Crippen molar-refractivity contribution in [2.45, 2.75) is 65.2 Å². The first kappa shape index (κ1) is 16.1. The molecule has 2 aliphatic rings. The highest BCUT2D eigenvalue weighted by Gasteiger charge is 2.42. The van der Waals surface area contributed by atoms with Crippen LogP contribution in [-0.4, -0.2) is 13.6 Å². The van der Waals surface area contributed by atoms with Gasteiger partial charge in [0.25, 0.3) is 0 Å². The van der Waals surface area contributed by atoms with Gasteiger partial charge in [0.1, 0.15) is 0 Å². The number of nitrogens with zero attached hydrogens (tertiary/aromatic N) is 1. The van der Waals surface area contributed by atoms with E-state index in [1.165, 1.54) is 44.3 Å². The van der Waals surface area contributed by atoms with E-state index in [0.29, 0.717) is 5.41 Å². The summed E-state index contributed by atoms with van der Waals surface area (Å²) in [5, 5.41) is 0. The van der Waals surface area contributed by atoms with Crippen LogP contribution in [0.3, 0.4) is 0 Å².